The highest BCUT2D eigenvalue weighted by Crippen LogP contribution is 2.26. The maximum Gasteiger partial charge on any atom is 0.165 e. The average Bonchev–Trinajstić information content (AvgIpc) is 2.69. The molecule has 0 bridgehead atoms. The molecule has 0 saturated heterocycles. The molecule has 0 radical (unpaired) electrons. The number of hydrogen-bond acceptors (Lipinski definition) is 1. The molecular formula is C25H35FO. The second-order valence-corrected chi connectivity index (χ2v) is 7.42. The van der Waals surface area contributed by atoms with Gasteiger partial charge in [0.1, 0.15) is 0 Å². The second kappa shape index (κ2) is 12.5. The molecule has 148 valence electrons. The van der Waals surface area contributed by atoms with Crippen LogP contribution >= 0.6 is 0 Å². The van der Waals surface area contributed by atoms with Crippen LogP contribution in [0, 0.1) is 5.82 Å². The van der Waals surface area contributed by atoms with E-state index >= 15 is 0 Å². The summed E-state index contributed by atoms with van der Waals surface area (Å²) in [6.45, 7) is 5.03. The number of benzene rings is 2. The summed E-state index contributed by atoms with van der Waals surface area (Å²) in [7, 11) is 0. The van der Waals surface area contributed by atoms with Gasteiger partial charge in [0.2, 0.25) is 0 Å². The van der Waals surface area contributed by atoms with Gasteiger partial charge < -0.3 is 4.74 Å². The van der Waals surface area contributed by atoms with Gasteiger partial charge in [-0.25, -0.2) is 4.39 Å². The van der Waals surface area contributed by atoms with Crippen molar-refractivity contribution in [1.82, 2.24) is 0 Å². The fraction of sp³-hybridized carbons (Fsp3) is 0.520. The standard InChI is InChI=1S/C25H35FO/c1-3-5-7-8-9-11-19-27-25-18-17-23(20-24(25)26)22-15-13-21(14-16-22)12-10-6-4-2/h13-18,20H,3-12,19H2,1-2H3. The quantitative estimate of drug-likeness (QED) is 0.325. The van der Waals surface area contributed by atoms with Crippen molar-refractivity contribution in [2.45, 2.75) is 78.1 Å². The summed E-state index contributed by atoms with van der Waals surface area (Å²) in [5.74, 6) is 0.0917. The van der Waals surface area contributed by atoms with Crippen LogP contribution in [-0.4, -0.2) is 6.61 Å². The molecule has 0 N–H and O–H groups in total. The van der Waals surface area contributed by atoms with Gasteiger partial charge in [-0.3, -0.25) is 0 Å². The number of halogens is 1. The lowest BCUT2D eigenvalue weighted by Gasteiger charge is -2.09. The van der Waals surface area contributed by atoms with Crippen molar-refractivity contribution >= 4 is 0 Å². The van der Waals surface area contributed by atoms with Crippen molar-refractivity contribution in [2.75, 3.05) is 6.61 Å². The van der Waals surface area contributed by atoms with Crippen molar-refractivity contribution in [2.24, 2.45) is 0 Å². The Morgan fingerprint density at radius 2 is 1.33 bits per heavy atom. The zero-order chi connectivity index (χ0) is 19.3. The lowest BCUT2D eigenvalue weighted by atomic mass is 10.0. The van der Waals surface area contributed by atoms with Crippen LogP contribution in [0.15, 0.2) is 42.5 Å². The smallest absolute Gasteiger partial charge is 0.165 e. The van der Waals surface area contributed by atoms with Gasteiger partial charge >= 0.3 is 0 Å². The van der Waals surface area contributed by atoms with Gasteiger partial charge in [-0.05, 0) is 48.1 Å². The van der Waals surface area contributed by atoms with E-state index in [1.165, 1.54) is 50.5 Å². The van der Waals surface area contributed by atoms with Crippen LogP contribution < -0.4 is 4.74 Å². The van der Waals surface area contributed by atoms with Crippen molar-refractivity contribution in [3.8, 4) is 16.9 Å². The highest BCUT2D eigenvalue weighted by Gasteiger charge is 2.07. The van der Waals surface area contributed by atoms with E-state index in [0.29, 0.717) is 12.4 Å². The molecule has 2 rings (SSSR count). The van der Waals surface area contributed by atoms with Crippen LogP contribution in [0.2, 0.25) is 0 Å². The molecule has 0 atom stereocenters. The summed E-state index contributed by atoms with van der Waals surface area (Å²) in [6.07, 6.45) is 12.1. The highest BCUT2D eigenvalue weighted by atomic mass is 19.1. The third kappa shape index (κ3) is 7.74. The molecule has 0 heterocycles. The Kier molecular flexibility index (Phi) is 9.97. The van der Waals surface area contributed by atoms with E-state index in [1.807, 2.05) is 6.07 Å². The minimum Gasteiger partial charge on any atom is -0.491 e. The third-order valence-corrected chi connectivity index (χ3v) is 5.04. The molecule has 0 aromatic heterocycles. The minimum atomic E-state index is -0.273. The molecule has 0 aliphatic rings. The van der Waals surface area contributed by atoms with Crippen molar-refractivity contribution in [1.29, 1.82) is 0 Å². The first-order valence-electron chi connectivity index (χ1n) is 10.8. The lowest BCUT2D eigenvalue weighted by molar-refractivity contribution is 0.290. The molecule has 0 aliphatic heterocycles. The van der Waals surface area contributed by atoms with Crippen LogP contribution in [0.25, 0.3) is 11.1 Å². The fourth-order valence-electron chi connectivity index (χ4n) is 3.30. The fourth-order valence-corrected chi connectivity index (χ4v) is 3.30. The summed E-state index contributed by atoms with van der Waals surface area (Å²) in [5.41, 5.74) is 3.31. The van der Waals surface area contributed by atoms with Gasteiger partial charge in [-0.1, -0.05) is 89.1 Å². The molecule has 0 aliphatic carbocycles. The van der Waals surface area contributed by atoms with Crippen LogP contribution in [0.1, 0.15) is 77.2 Å². The van der Waals surface area contributed by atoms with Gasteiger partial charge in [-0.15, -0.1) is 0 Å². The molecule has 0 saturated carbocycles. The van der Waals surface area contributed by atoms with Crippen LogP contribution in [-0.2, 0) is 6.42 Å². The molecule has 0 fully saturated rings. The predicted molar refractivity (Wildman–Crippen MR) is 114 cm³/mol. The largest absolute Gasteiger partial charge is 0.491 e. The molecule has 27 heavy (non-hydrogen) atoms. The first-order valence-corrected chi connectivity index (χ1v) is 10.8. The number of ether oxygens (including phenoxy) is 1. The van der Waals surface area contributed by atoms with Gasteiger partial charge in [-0.2, -0.15) is 0 Å². The maximum atomic E-state index is 14.4. The van der Waals surface area contributed by atoms with Crippen LogP contribution in [0.5, 0.6) is 5.75 Å². The summed E-state index contributed by atoms with van der Waals surface area (Å²) < 4.78 is 20.0. The summed E-state index contributed by atoms with van der Waals surface area (Å²) in [4.78, 5) is 0. The van der Waals surface area contributed by atoms with E-state index in [-0.39, 0.29) is 5.82 Å². The zero-order valence-electron chi connectivity index (χ0n) is 17.1. The number of rotatable bonds is 13. The number of hydrogen-bond donors (Lipinski definition) is 0. The summed E-state index contributed by atoms with van der Waals surface area (Å²) >= 11 is 0. The van der Waals surface area contributed by atoms with E-state index in [1.54, 1.807) is 12.1 Å². The maximum absolute atomic E-state index is 14.4. The Bertz CT molecular complexity index is 648. The topological polar surface area (TPSA) is 9.23 Å². The predicted octanol–water partition coefficient (Wildman–Crippen LogP) is 7.96. The van der Waals surface area contributed by atoms with Crippen molar-refractivity contribution in [3.05, 3.63) is 53.8 Å². The monoisotopic (exact) mass is 370 g/mol. The van der Waals surface area contributed by atoms with E-state index in [2.05, 4.69) is 38.1 Å². The minimum absolute atomic E-state index is 0.273. The van der Waals surface area contributed by atoms with Crippen molar-refractivity contribution in [3.63, 3.8) is 0 Å². The van der Waals surface area contributed by atoms with Crippen molar-refractivity contribution < 1.29 is 9.13 Å². The Hall–Kier alpha value is -1.83. The highest BCUT2D eigenvalue weighted by molar-refractivity contribution is 5.64. The Morgan fingerprint density at radius 3 is 2.04 bits per heavy atom. The van der Waals surface area contributed by atoms with E-state index in [4.69, 9.17) is 4.74 Å². The van der Waals surface area contributed by atoms with E-state index in [0.717, 1.165) is 30.4 Å². The third-order valence-electron chi connectivity index (χ3n) is 5.04. The first-order chi connectivity index (χ1) is 13.2. The molecule has 2 aromatic carbocycles. The van der Waals surface area contributed by atoms with Gasteiger partial charge in [0.15, 0.2) is 11.6 Å². The van der Waals surface area contributed by atoms with E-state index < -0.39 is 0 Å². The number of unbranched alkanes of at least 4 members (excludes halogenated alkanes) is 7. The summed E-state index contributed by atoms with van der Waals surface area (Å²) in [5, 5.41) is 0. The molecule has 0 unspecified atom stereocenters. The molecule has 0 amide bonds. The average molecular weight is 371 g/mol. The van der Waals surface area contributed by atoms with Gasteiger partial charge in [0.05, 0.1) is 6.61 Å². The van der Waals surface area contributed by atoms with Crippen LogP contribution in [0.3, 0.4) is 0 Å². The Morgan fingerprint density at radius 1 is 0.704 bits per heavy atom. The number of aryl methyl sites for hydroxylation is 1. The normalized spacial score (nSPS) is 10.9. The SMILES string of the molecule is CCCCCCCCOc1ccc(-c2ccc(CCCCC)cc2)cc1F. The van der Waals surface area contributed by atoms with Gasteiger partial charge in [0.25, 0.3) is 0 Å². The lowest BCUT2D eigenvalue weighted by Crippen LogP contribution is -1.99. The molecule has 2 aromatic rings. The molecule has 1 nitrogen and oxygen atoms in total. The Labute approximate surface area is 165 Å². The Balaban J connectivity index is 1.83. The second-order valence-electron chi connectivity index (χ2n) is 7.42. The van der Waals surface area contributed by atoms with E-state index in [9.17, 15) is 4.39 Å². The van der Waals surface area contributed by atoms with Gasteiger partial charge in [0, 0.05) is 0 Å². The van der Waals surface area contributed by atoms with Crippen LogP contribution in [0.4, 0.5) is 4.39 Å². The molecule has 2 heteroatoms. The first kappa shape index (κ1) is 21.5. The zero-order valence-corrected chi connectivity index (χ0v) is 17.1. The summed E-state index contributed by atoms with van der Waals surface area (Å²) in [6, 6.07) is 13.8. The molecule has 0 spiro atoms. The molecular weight excluding hydrogens is 335 g/mol.